The van der Waals surface area contributed by atoms with Gasteiger partial charge in [-0.2, -0.15) is 0 Å². The first kappa shape index (κ1) is 16.1. The second-order valence-electron chi connectivity index (χ2n) is 5.64. The van der Waals surface area contributed by atoms with E-state index in [0.717, 1.165) is 5.69 Å². The van der Waals surface area contributed by atoms with Gasteiger partial charge in [0.2, 0.25) is 5.91 Å². The zero-order valence-electron chi connectivity index (χ0n) is 13.6. The Balaban J connectivity index is 1.69. The molecule has 0 aliphatic carbocycles. The van der Waals surface area contributed by atoms with E-state index in [-0.39, 0.29) is 17.9 Å². The van der Waals surface area contributed by atoms with Crippen LogP contribution in [0, 0.1) is 0 Å². The maximum atomic E-state index is 12.5. The second kappa shape index (κ2) is 7.17. The van der Waals surface area contributed by atoms with Crippen molar-refractivity contribution in [2.45, 2.75) is 19.4 Å². The predicted molar refractivity (Wildman–Crippen MR) is 92.3 cm³/mol. The van der Waals surface area contributed by atoms with Crippen molar-refractivity contribution in [2.24, 2.45) is 0 Å². The van der Waals surface area contributed by atoms with E-state index in [9.17, 15) is 9.59 Å². The summed E-state index contributed by atoms with van der Waals surface area (Å²) < 4.78 is 5.50. The van der Waals surface area contributed by atoms with Gasteiger partial charge in [-0.05, 0) is 31.2 Å². The number of hydrogen-bond donors (Lipinski definition) is 1. The van der Waals surface area contributed by atoms with Gasteiger partial charge in [-0.25, -0.2) is 0 Å². The predicted octanol–water partition coefficient (Wildman–Crippen LogP) is 2.62. The monoisotopic (exact) mass is 324 g/mol. The van der Waals surface area contributed by atoms with Crippen molar-refractivity contribution in [1.29, 1.82) is 0 Å². The van der Waals surface area contributed by atoms with Gasteiger partial charge in [0.05, 0.1) is 18.2 Å². The van der Waals surface area contributed by atoms with Crippen LogP contribution in [0.2, 0.25) is 0 Å². The number of nitrogens with zero attached hydrogens (tertiary/aromatic N) is 1. The number of para-hydroxylation sites is 2. The first-order chi connectivity index (χ1) is 11.7. The van der Waals surface area contributed by atoms with E-state index in [1.54, 1.807) is 23.1 Å². The first-order valence-corrected chi connectivity index (χ1v) is 8.07. The topological polar surface area (TPSA) is 58.6 Å². The molecule has 1 aliphatic rings. The quantitative estimate of drug-likeness (QED) is 0.920. The van der Waals surface area contributed by atoms with Crippen LogP contribution in [-0.4, -0.2) is 31.0 Å². The standard InChI is InChI=1S/C19H20N2O3/c1-2-24-17-11-7-6-10-16(17)19(23)20-14-12-18(22)21(13-14)15-8-4-3-5-9-15/h3-11,14H,2,12-13H2,1H3,(H,20,23)/t14-/m1/s1. The molecule has 0 saturated carbocycles. The van der Waals surface area contributed by atoms with E-state index in [0.29, 0.717) is 30.9 Å². The molecular weight excluding hydrogens is 304 g/mol. The molecule has 2 aromatic rings. The molecule has 124 valence electrons. The number of anilines is 1. The summed E-state index contributed by atoms with van der Waals surface area (Å²) in [4.78, 5) is 26.5. The van der Waals surface area contributed by atoms with Crippen molar-refractivity contribution in [3.05, 3.63) is 60.2 Å². The summed E-state index contributed by atoms with van der Waals surface area (Å²) in [6, 6.07) is 16.4. The lowest BCUT2D eigenvalue weighted by molar-refractivity contribution is -0.117. The van der Waals surface area contributed by atoms with E-state index < -0.39 is 0 Å². The zero-order chi connectivity index (χ0) is 16.9. The van der Waals surface area contributed by atoms with Crippen molar-refractivity contribution in [1.82, 2.24) is 5.32 Å². The van der Waals surface area contributed by atoms with Crippen LogP contribution in [0.1, 0.15) is 23.7 Å². The third-order valence-electron chi connectivity index (χ3n) is 3.96. The molecule has 24 heavy (non-hydrogen) atoms. The van der Waals surface area contributed by atoms with Crippen LogP contribution in [0.3, 0.4) is 0 Å². The molecule has 1 saturated heterocycles. The zero-order valence-corrected chi connectivity index (χ0v) is 13.6. The summed E-state index contributed by atoms with van der Waals surface area (Å²) in [7, 11) is 0. The van der Waals surface area contributed by atoms with Gasteiger partial charge in [0.25, 0.3) is 5.91 Å². The summed E-state index contributed by atoms with van der Waals surface area (Å²) in [5.41, 5.74) is 1.35. The van der Waals surface area contributed by atoms with Crippen molar-refractivity contribution in [3.63, 3.8) is 0 Å². The number of rotatable bonds is 5. The minimum Gasteiger partial charge on any atom is -0.493 e. The molecule has 2 aromatic carbocycles. The van der Waals surface area contributed by atoms with Gasteiger partial charge in [0.1, 0.15) is 5.75 Å². The number of ether oxygens (including phenoxy) is 1. The number of benzene rings is 2. The Morgan fingerprint density at radius 2 is 1.88 bits per heavy atom. The van der Waals surface area contributed by atoms with Crippen molar-refractivity contribution in [2.75, 3.05) is 18.1 Å². The molecular formula is C19H20N2O3. The summed E-state index contributed by atoms with van der Waals surface area (Å²) in [5.74, 6) is 0.359. The highest BCUT2D eigenvalue weighted by molar-refractivity contribution is 6.00. The van der Waals surface area contributed by atoms with Crippen LogP contribution in [0.4, 0.5) is 5.69 Å². The maximum absolute atomic E-state index is 12.5. The molecule has 3 rings (SSSR count). The van der Waals surface area contributed by atoms with Crippen LogP contribution in [-0.2, 0) is 4.79 Å². The van der Waals surface area contributed by atoms with Gasteiger partial charge in [-0.3, -0.25) is 9.59 Å². The van der Waals surface area contributed by atoms with Crippen molar-refractivity contribution < 1.29 is 14.3 Å². The van der Waals surface area contributed by atoms with Crippen molar-refractivity contribution in [3.8, 4) is 5.75 Å². The summed E-state index contributed by atoms with van der Waals surface area (Å²) in [6.07, 6.45) is 0.303. The third kappa shape index (κ3) is 3.40. The molecule has 0 radical (unpaired) electrons. The number of carbonyl (C=O) groups excluding carboxylic acids is 2. The Morgan fingerprint density at radius 1 is 1.17 bits per heavy atom. The fraction of sp³-hybridized carbons (Fsp3) is 0.263. The molecule has 0 bridgehead atoms. The molecule has 1 N–H and O–H groups in total. The van der Waals surface area contributed by atoms with Gasteiger partial charge in [-0.1, -0.05) is 30.3 Å². The van der Waals surface area contributed by atoms with E-state index in [4.69, 9.17) is 4.74 Å². The van der Waals surface area contributed by atoms with Crippen LogP contribution in [0.5, 0.6) is 5.75 Å². The average molecular weight is 324 g/mol. The number of nitrogens with one attached hydrogen (secondary N) is 1. The molecule has 1 atom stereocenters. The molecule has 1 fully saturated rings. The molecule has 0 aromatic heterocycles. The smallest absolute Gasteiger partial charge is 0.255 e. The number of hydrogen-bond acceptors (Lipinski definition) is 3. The highest BCUT2D eigenvalue weighted by Crippen LogP contribution is 2.22. The molecule has 2 amide bonds. The fourth-order valence-corrected chi connectivity index (χ4v) is 2.86. The Morgan fingerprint density at radius 3 is 2.62 bits per heavy atom. The number of carbonyl (C=O) groups is 2. The lowest BCUT2D eigenvalue weighted by Gasteiger charge is -2.17. The normalized spacial score (nSPS) is 17.0. The van der Waals surface area contributed by atoms with Crippen molar-refractivity contribution >= 4 is 17.5 Å². The van der Waals surface area contributed by atoms with Crippen LogP contribution in [0.15, 0.2) is 54.6 Å². The maximum Gasteiger partial charge on any atom is 0.255 e. The second-order valence-corrected chi connectivity index (χ2v) is 5.64. The van der Waals surface area contributed by atoms with Gasteiger partial charge in [0, 0.05) is 18.7 Å². The molecule has 5 heteroatoms. The van der Waals surface area contributed by atoms with Gasteiger partial charge in [0.15, 0.2) is 0 Å². The molecule has 1 heterocycles. The molecule has 0 unspecified atom stereocenters. The largest absolute Gasteiger partial charge is 0.493 e. The Labute approximate surface area is 141 Å². The Hall–Kier alpha value is -2.82. The highest BCUT2D eigenvalue weighted by Gasteiger charge is 2.32. The number of amides is 2. The minimum absolute atomic E-state index is 0.0181. The highest BCUT2D eigenvalue weighted by atomic mass is 16.5. The lowest BCUT2D eigenvalue weighted by atomic mass is 10.1. The molecule has 5 nitrogen and oxygen atoms in total. The fourth-order valence-electron chi connectivity index (χ4n) is 2.86. The average Bonchev–Trinajstić information content (AvgIpc) is 2.96. The summed E-state index contributed by atoms with van der Waals surface area (Å²) >= 11 is 0. The van der Waals surface area contributed by atoms with Crippen LogP contribution in [0.25, 0.3) is 0 Å². The van der Waals surface area contributed by atoms with E-state index in [1.165, 1.54) is 0 Å². The molecule has 1 aliphatic heterocycles. The SMILES string of the molecule is CCOc1ccccc1C(=O)N[C@@H]1CC(=O)N(c2ccccc2)C1. The summed E-state index contributed by atoms with van der Waals surface area (Å²) in [6.45, 7) is 2.85. The Kier molecular flexibility index (Phi) is 4.79. The van der Waals surface area contributed by atoms with Gasteiger partial charge in [-0.15, -0.1) is 0 Å². The van der Waals surface area contributed by atoms with Crippen LogP contribution < -0.4 is 15.0 Å². The summed E-state index contributed by atoms with van der Waals surface area (Å²) in [5, 5.41) is 2.94. The van der Waals surface area contributed by atoms with Gasteiger partial charge < -0.3 is 15.0 Å². The molecule has 0 spiro atoms. The van der Waals surface area contributed by atoms with E-state index in [2.05, 4.69) is 5.32 Å². The third-order valence-corrected chi connectivity index (χ3v) is 3.96. The van der Waals surface area contributed by atoms with E-state index in [1.807, 2.05) is 43.3 Å². The van der Waals surface area contributed by atoms with E-state index >= 15 is 0 Å². The first-order valence-electron chi connectivity index (χ1n) is 8.07. The van der Waals surface area contributed by atoms with Crippen LogP contribution >= 0.6 is 0 Å². The minimum atomic E-state index is -0.216. The van der Waals surface area contributed by atoms with Gasteiger partial charge >= 0.3 is 0 Å². The Bertz CT molecular complexity index is 730. The lowest BCUT2D eigenvalue weighted by Crippen LogP contribution is -2.37.